The van der Waals surface area contributed by atoms with Crippen molar-refractivity contribution in [2.24, 2.45) is 5.92 Å². The first-order valence-electron chi connectivity index (χ1n) is 12.3. The minimum atomic E-state index is -0.120. The number of hydrogen-bond donors (Lipinski definition) is 1. The number of Topliss-reactive ketones (excluding diaryl/α,β-unsaturated/α-hetero) is 1. The zero-order valence-electron chi connectivity index (χ0n) is 20.4. The highest BCUT2D eigenvalue weighted by molar-refractivity contribution is 6.37. The molecule has 184 valence electrons. The number of carbonyl (C=O) groups is 1. The van der Waals surface area contributed by atoms with Crippen LogP contribution in [-0.4, -0.2) is 54.0 Å². The van der Waals surface area contributed by atoms with Crippen LogP contribution < -0.4 is 4.90 Å². The molecule has 2 fully saturated rings. The third-order valence-corrected chi connectivity index (χ3v) is 8.28. The number of aromatic nitrogens is 1. The second-order valence-corrected chi connectivity index (χ2v) is 11.0. The van der Waals surface area contributed by atoms with Crippen LogP contribution in [0.15, 0.2) is 36.5 Å². The largest absolute Gasteiger partial charge is 0.505 e. The van der Waals surface area contributed by atoms with Gasteiger partial charge in [-0.05, 0) is 88.0 Å². The van der Waals surface area contributed by atoms with Crippen molar-refractivity contribution in [2.45, 2.75) is 50.6 Å². The molecule has 0 amide bonds. The summed E-state index contributed by atoms with van der Waals surface area (Å²) in [5, 5.41) is 11.4. The molecule has 2 saturated carbocycles. The number of hydrogen-bond acceptors (Lipinski definition) is 5. The van der Waals surface area contributed by atoms with Crippen LogP contribution >= 0.6 is 23.2 Å². The van der Waals surface area contributed by atoms with Gasteiger partial charge in [0.2, 0.25) is 0 Å². The summed E-state index contributed by atoms with van der Waals surface area (Å²) >= 11 is 12.4. The maximum Gasteiger partial charge on any atom is 0.169 e. The molecule has 0 bridgehead atoms. The number of phenolic OH excluding ortho intramolecular Hbond substituents is 1. The number of carbonyl (C=O) groups excluding carboxylic acids is 1. The summed E-state index contributed by atoms with van der Waals surface area (Å²) in [5.41, 5.74) is 4.25. The van der Waals surface area contributed by atoms with E-state index in [1.807, 2.05) is 12.1 Å². The van der Waals surface area contributed by atoms with Gasteiger partial charge in [0.25, 0.3) is 0 Å². The highest BCUT2D eigenvalue weighted by Gasteiger charge is 2.35. The Labute approximate surface area is 216 Å². The van der Waals surface area contributed by atoms with Crippen LogP contribution in [0.25, 0.3) is 22.0 Å². The van der Waals surface area contributed by atoms with Gasteiger partial charge in [0.1, 0.15) is 0 Å². The van der Waals surface area contributed by atoms with E-state index in [9.17, 15) is 9.90 Å². The number of aromatic hydroxyl groups is 1. The number of fused-ring (bicyclic) bond motifs is 1. The van der Waals surface area contributed by atoms with Gasteiger partial charge in [0, 0.05) is 36.6 Å². The lowest BCUT2D eigenvalue weighted by Gasteiger charge is -2.39. The van der Waals surface area contributed by atoms with E-state index in [0.29, 0.717) is 12.1 Å². The topological polar surface area (TPSA) is 56.7 Å². The fraction of sp³-hybridized carbons (Fsp3) is 0.429. The Bertz CT molecular complexity index is 1260. The van der Waals surface area contributed by atoms with Crippen molar-refractivity contribution in [1.29, 1.82) is 0 Å². The Kier molecular flexibility index (Phi) is 6.69. The van der Waals surface area contributed by atoms with Gasteiger partial charge in [-0.2, -0.15) is 0 Å². The fourth-order valence-corrected chi connectivity index (χ4v) is 5.85. The molecule has 2 aliphatic rings. The number of pyridine rings is 1. The van der Waals surface area contributed by atoms with Crippen LogP contribution in [-0.2, 0) is 0 Å². The number of nitrogens with zero attached hydrogens (tertiary/aromatic N) is 3. The molecule has 1 heterocycles. The van der Waals surface area contributed by atoms with Crippen LogP contribution in [0, 0.1) is 5.92 Å². The average molecular weight is 512 g/mol. The molecule has 5 rings (SSSR count). The quantitative estimate of drug-likeness (QED) is 0.368. The third kappa shape index (κ3) is 4.74. The number of benzene rings is 2. The van der Waals surface area contributed by atoms with Crippen molar-refractivity contribution in [1.82, 2.24) is 9.88 Å². The summed E-state index contributed by atoms with van der Waals surface area (Å²) in [7, 11) is 6.43. The normalized spacial score (nSPS) is 20.4. The molecule has 0 saturated heterocycles. The van der Waals surface area contributed by atoms with E-state index in [-0.39, 0.29) is 27.5 Å². The summed E-state index contributed by atoms with van der Waals surface area (Å²) in [4.78, 5) is 22.7. The summed E-state index contributed by atoms with van der Waals surface area (Å²) < 4.78 is 0. The highest BCUT2D eigenvalue weighted by atomic mass is 35.5. The molecule has 7 heteroatoms. The Morgan fingerprint density at radius 3 is 2.14 bits per heavy atom. The number of ketones is 1. The molecule has 1 aromatic heterocycles. The van der Waals surface area contributed by atoms with Gasteiger partial charge in [-0.25, -0.2) is 0 Å². The summed E-state index contributed by atoms with van der Waals surface area (Å²) in [5.74, 6) is 0.193. The minimum Gasteiger partial charge on any atom is -0.505 e. The molecular formula is C28H31Cl2N3O2. The SMILES string of the molecule is CN(C)[C@H]1CC[C@H](N(C)c2c(C(=O)C3CC3)cnc3ccc(-c4cc(Cl)c(O)c(Cl)c4)cc23)CC1. The number of halogens is 2. The van der Waals surface area contributed by atoms with Crippen molar-refractivity contribution in [2.75, 3.05) is 26.0 Å². The van der Waals surface area contributed by atoms with Gasteiger partial charge < -0.3 is 14.9 Å². The van der Waals surface area contributed by atoms with Crippen molar-refractivity contribution >= 4 is 45.6 Å². The lowest BCUT2D eigenvalue weighted by atomic mass is 9.88. The standard InChI is InChI=1S/C28H31Cl2N3O2/c1-32(2)19-7-9-20(10-8-19)33(3)26-21-12-17(18-13-23(29)28(35)24(30)14-18)6-11-25(21)31-15-22(26)27(34)16-4-5-16/h6,11-16,19-20,35H,4-5,7-10H2,1-3H3/t19-,20-. The van der Waals surface area contributed by atoms with Crippen molar-refractivity contribution in [3.05, 3.63) is 52.1 Å². The van der Waals surface area contributed by atoms with E-state index in [0.717, 1.165) is 71.8 Å². The molecule has 3 aromatic rings. The van der Waals surface area contributed by atoms with Crippen LogP contribution in [0.1, 0.15) is 48.9 Å². The zero-order valence-corrected chi connectivity index (χ0v) is 21.9. The molecule has 0 spiro atoms. The fourth-order valence-electron chi connectivity index (χ4n) is 5.36. The summed E-state index contributed by atoms with van der Waals surface area (Å²) in [6, 6.07) is 10.4. The highest BCUT2D eigenvalue weighted by Crippen LogP contribution is 2.42. The smallest absolute Gasteiger partial charge is 0.169 e. The van der Waals surface area contributed by atoms with E-state index in [1.165, 1.54) is 0 Å². The second kappa shape index (κ2) is 9.61. The first-order valence-corrected chi connectivity index (χ1v) is 13.0. The van der Waals surface area contributed by atoms with Crippen LogP contribution in [0.4, 0.5) is 5.69 Å². The molecule has 2 aliphatic carbocycles. The predicted octanol–water partition coefficient (Wildman–Crippen LogP) is 6.82. The van der Waals surface area contributed by atoms with Crippen LogP contribution in [0.5, 0.6) is 5.75 Å². The molecule has 0 atom stereocenters. The molecule has 2 aromatic carbocycles. The van der Waals surface area contributed by atoms with Gasteiger partial charge in [-0.1, -0.05) is 29.3 Å². The van der Waals surface area contributed by atoms with Crippen molar-refractivity contribution in [3.8, 4) is 16.9 Å². The van der Waals surface area contributed by atoms with E-state index >= 15 is 0 Å². The first-order chi connectivity index (χ1) is 16.7. The van der Waals surface area contributed by atoms with E-state index in [4.69, 9.17) is 23.2 Å². The summed E-state index contributed by atoms with van der Waals surface area (Å²) in [6.45, 7) is 0. The Morgan fingerprint density at radius 1 is 0.914 bits per heavy atom. The maximum absolute atomic E-state index is 13.3. The second-order valence-electron chi connectivity index (χ2n) is 10.2. The zero-order chi connectivity index (χ0) is 24.9. The number of anilines is 1. The molecule has 0 unspecified atom stereocenters. The average Bonchev–Trinajstić information content (AvgIpc) is 3.71. The molecule has 5 nitrogen and oxygen atoms in total. The lowest BCUT2D eigenvalue weighted by molar-refractivity contribution is 0.0967. The van der Waals surface area contributed by atoms with Gasteiger partial charge in [0.15, 0.2) is 11.5 Å². The van der Waals surface area contributed by atoms with Crippen molar-refractivity contribution in [3.63, 3.8) is 0 Å². The minimum absolute atomic E-state index is 0.115. The van der Waals surface area contributed by atoms with Gasteiger partial charge >= 0.3 is 0 Å². The van der Waals surface area contributed by atoms with Gasteiger partial charge in [-0.15, -0.1) is 0 Å². The molecule has 0 aliphatic heterocycles. The monoisotopic (exact) mass is 511 g/mol. The third-order valence-electron chi connectivity index (χ3n) is 7.70. The molecule has 1 N–H and O–H groups in total. The van der Waals surface area contributed by atoms with Gasteiger partial charge in [0.05, 0.1) is 26.8 Å². The maximum atomic E-state index is 13.3. The molecular weight excluding hydrogens is 481 g/mol. The Hall–Kier alpha value is -2.34. The Balaban J connectivity index is 1.61. The lowest BCUT2D eigenvalue weighted by Crippen LogP contribution is -2.41. The van der Waals surface area contributed by atoms with E-state index < -0.39 is 0 Å². The number of rotatable bonds is 6. The van der Waals surface area contributed by atoms with E-state index in [2.05, 4.69) is 42.0 Å². The van der Waals surface area contributed by atoms with Crippen LogP contribution in [0.3, 0.4) is 0 Å². The Morgan fingerprint density at radius 2 is 1.54 bits per heavy atom. The first kappa shape index (κ1) is 24.4. The van der Waals surface area contributed by atoms with Gasteiger partial charge in [-0.3, -0.25) is 9.78 Å². The summed E-state index contributed by atoms with van der Waals surface area (Å²) in [6.07, 6.45) is 8.15. The van der Waals surface area contributed by atoms with Crippen molar-refractivity contribution < 1.29 is 9.90 Å². The predicted molar refractivity (Wildman–Crippen MR) is 144 cm³/mol. The number of phenols is 1. The molecule has 0 radical (unpaired) electrons. The van der Waals surface area contributed by atoms with Crippen LogP contribution in [0.2, 0.25) is 10.0 Å². The molecule has 35 heavy (non-hydrogen) atoms. The van der Waals surface area contributed by atoms with E-state index in [1.54, 1.807) is 18.3 Å².